The molecule has 0 spiro atoms. The summed E-state index contributed by atoms with van der Waals surface area (Å²) in [5, 5.41) is 0. The van der Waals surface area contributed by atoms with Crippen molar-refractivity contribution in [1.82, 2.24) is 0 Å². The summed E-state index contributed by atoms with van der Waals surface area (Å²) >= 11 is 5.83. The van der Waals surface area contributed by atoms with Crippen LogP contribution < -0.4 is 0 Å². The van der Waals surface area contributed by atoms with E-state index in [1.54, 1.807) is 0 Å². The van der Waals surface area contributed by atoms with Crippen LogP contribution in [0.1, 0.15) is 40.5 Å². The fourth-order valence-electron chi connectivity index (χ4n) is 0.916. The summed E-state index contributed by atoms with van der Waals surface area (Å²) < 4.78 is 11.4. The first-order chi connectivity index (χ1) is 7.13. The standard InChI is InChI=1S/C11H25ClO2Si/c1-5-10(3)7-13-15(9-12)14-8-11(4)6-2/h10-11,15H,5-9H2,1-4H3. The van der Waals surface area contributed by atoms with Crippen LogP contribution in [-0.4, -0.2) is 28.0 Å². The van der Waals surface area contributed by atoms with Crippen molar-refractivity contribution in [1.29, 1.82) is 0 Å². The maximum atomic E-state index is 5.83. The van der Waals surface area contributed by atoms with Crippen LogP contribution in [0.2, 0.25) is 0 Å². The summed E-state index contributed by atoms with van der Waals surface area (Å²) in [6.07, 6.45) is 2.30. The van der Waals surface area contributed by atoms with Crippen LogP contribution in [0.3, 0.4) is 0 Å². The van der Waals surface area contributed by atoms with Crippen molar-refractivity contribution in [3.63, 3.8) is 0 Å². The van der Waals surface area contributed by atoms with E-state index in [1.165, 1.54) is 0 Å². The molecule has 0 aromatic rings. The van der Waals surface area contributed by atoms with E-state index >= 15 is 0 Å². The highest BCUT2D eigenvalue weighted by Crippen LogP contribution is 2.06. The molecule has 0 saturated heterocycles. The van der Waals surface area contributed by atoms with Crippen molar-refractivity contribution in [2.75, 3.05) is 18.7 Å². The van der Waals surface area contributed by atoms with Gasteiger partial charge in [0, 0.05) is 13.2 Å². The molecule has 0 aliphatic rings. The Labute approximate surface area is 101 Å². The zero-order valence-corrected chi connectivity index (χ0v) is 12.4. The van der Waals surface area contributed by atoms with Gasteiger partial charge in [-0.05, 0) is 11.8 Å². The average molecular weight is 253 g/mol. The Morgan fingerprint density at radius 2 is 1.40 bits per heavy atom. The molecule has 0 N–H and O–H groups in total. The second kappa shape index (κ2) is 9.64. The first-order valence-corrected chi connectivity index (χ1v) is 8.22. The monoisotopic (exact) mass is 252 g/mol. The molecule has 0 aromatic carbocycles. The minimum Gasteiger partial charge on any atom is -0.396 e. The van der Waals surface area contributed by atoms with Gasteiger partial charge in [0.05, 0.1) is 5.50 Å². The maximum absolute atomic E-state index is 5.83. The van der Waals surface area contributed by atoms with Crippen LogP contribution in [0.15, 0.2) is 0 Å². The summed E-state index contributed by atoms with van der Waals surface area (Å²) in [4.78, 5) is 0. The first kappa shape index (κ1) is 15.4. The molecule has 2 unspecified atom stereocenters. The predicted molar refractivity (Wildman–Crippen MR) is 68.7 cm³/mol. The molecule has 2 atom stereocenters. The topological polar surface area (TPSA) is 18.5 Å². The fourth-order valence-corrected chi connectivity index (χ4v) is 2.81. The van der Waals surface area contributed by atoms with E-state index in [1.807, 2.05) is 0 Å². The van der Waals surface area contributed by atoms with Gasteiger partial charge in [-0.2, -0.15) is 0 Å². The Kier molecular flexibility index (Phi) is 9.91. The molecule has 0 aromatic heterocycles. The van der Waals surface area contributed by atoms with Gasteiger partial charge in [0.1, 0.15) is 0 Å². The highest BCUT2D eigenvalue weighted by Gasteiger charge is 2.14. The number of hydrogen-bond donors (Lipinski definition) is 0. The Bertz CT molecular complexity index is 133. The van der Waals surface area contributed by atoms with Crippen molar-refractivity contribution >= 4 is 20.9 Å². The minimum atomic E-state index is -1.59. The van der Waals surface area contributed by atoms with E-state index in [-0.39, 0.29) is 0 Å². The second-order valence-corrected chi connectivity index (χ2v) is 7.04. The van der Waals surface area contributed by atoms with Gasteiger partial charge in [-0.3, -0.25) is 0 Å². The van der Waals surface area contributed by atoms with Gasteiger partial charge in [0.2, 0.25) is 0 Å². The van der Waals surface area contributed by atoms with Crippen molar-refractivity contribution in [2.24, 2.45) is 11.8 Å². The largest absolute Gasteiger partial charge is 0.396 e. The molecular weight excluding hydrogens is 228 g/mol. The third kappa shape index (κ3) is 8.26. The summed E-state index contributed by atoms with van der Waals surface area (Å²) in [6, 6.07) is 0. The molecular formula is C11H25ClO2Si. The highest BCUT2D eigenvalue weighted by atomic mass is 35.5. The number of alkyl halides is 1. The van der Waals surface area contributed by atoms with Gasteiger partial charge < -0.3 is 8.85 Å². The van der Waals surface area contributed by atoms with Crippen molar-refractivity contribution in [3.05, 3.63) is 0 Å². The Hall–Kier alpha value is 0.427. The van der Waals surface area contributed by atoms with Crippen molar-refractivity contribution in [3.8, 4) is 0 Å². The van der Waals surface area contributed by atoms with Gasteiger partial charge >= 0.3 is 9.28 Å². The molecule has 92 valence electrons. The van der Waals surface area contributed by atoms with E-state index in [0.717, 1.165) is 26.1 Å². The molecule has 0 aliphatic carbocycles. The van der Waals surface area contributed by atoms with Gasteiger partial charge in [0.25, 0.3) is 0 Å². The number of halogens is 1. The smallest absolute Gasteiger partial charge is 0.336 e. The molecule has 0 heterocycles. The summed E-state index contributed by atoms with van der Waals surface area (Å²) in [7, 11) is -1.59. The summed E-state index contributed by atoms with van der Waals surface area (Å²) in [5.74, 6) is 1.21. The molecule has 0 radical (unpaired) electrons. The molecule has 0 bridgehead atoms. The van der Waals surface area contributed by atoms with Crippen LogP contribution >= 0.6 is 11.6 Å². The molecule has 0 fully saturated rings. The zero-order chi connectivity index (χ0) is 11.7. The zero-order valence-electron chi connectivity index (χ0n) is 10.5. The third-order valence-corrected chi connectivity index (χ3v) is 4.79. The Balaban J connectivity index is 3.63. The minimum absolute atomic E-state index is 0.548. The molecule has 15 heavy (non-hydrogen) atoms. The summed E-state index contributed by atoms with van der Waals surface area (Å²) in [5.41, 5.74) is 0.548. The lowest BCUT2D eigenvalue weighted by molar-refractivity contribution is 0.158. The van der Waals surface area contributed by atoms with E-state index in [2.05, 4.69) is 27.7 Å². The molecule has 0 aliphatic heterocycles. The lowest BCUT2D eigenvalue weighted by atomic mass is 10.1. The predicted octanol–water partition coefficient (Wildman–Crippen LogP) is 3.11. The van der Waals surface area contributed by atoms with Gasteiger partial charge in [-0.15, -0.1) is 11.6 Å². The van der Waals surface area contributed by atoms with Gasteiger partial charge in [-0.1, -0.05) is 40.5 Å². The average Bonchev–Trinajstić information content (AvgIpc) is 2.28. The molecule has 2 nitrogen and oxygen atoms in total. The SMILES string of the molecule is CCC(C)CO[SiH](CCl)OCC(C)CC. The fraction of sp³-hybridized carbons (Fsp3) is 1.00. The number of hydrogen-bond acceptors (Lipinski definition) is 2. The van der Waals surface area contributed by atoms with Crippen LogP contribution in [0.4, 0.5) is 0 Å². The summed E-state index contributed by atoms with van der Waals surface area (Å²) in [6.45, 7) is 10.3. The van der Waals surface area contributed by atoms with Crippen LogP contribution in [0, 0.1) is 11.8 Å². The molecule has 0 rings (SSSR count). The van der Waals surface area contributed by atoms with Gasteiger partial charge in [0.15, 0.2) is 0 Å². The third-order valence-electron chi connectivity index (χ3n) is 2.65. The molecule has 0 amide bonds. The van der Waals surface area contributed by atoms with Crippen LogP contribution in [0.25, 0.3) is 0 Å². The van der Waals surface area contributed by atoms with Crippen molar-refractivity contribution in [2.45, 2.75) is 40.5 Å². The highest BCUT2D eigenvalue weighted by molar-refractivity contribution is 6.56. The number of rotatable bonds is 9. The lowest BCUT2D eigenvalue weighted by Gasteiger charge is -2.18. The lowest BCUT2D eigenvalue weighted by Crippen LogP contribution is -2.29. The molecule has 0 saturated carbocycles. The Morgan fingerprint density at radius 3 is 1.67 bits per heavy atom. The Morgan fingerprint density at radius 1 is 1.00 bits per heavy atom. The maximum Gasteiger partial charge on any atom is 0.336 e. The van der Waals surface area contributed by atoms with E-state index in [9.17, 15) is 0 Å². The van der Waals surface area contributed by atoms with E-state index in [4.69, 9.17) is 20.5 Å². The van der Waals surface area contributed by atoms with E-state index < -0.39 is 9.28 Å². The molecule has 4 heteroatoms. The second-order valence-electron chi connectivity index (χ2n) is 4.28. The van der Waals surface area contributed by atoms with Crippen LogP contribution in [-0.2, 0) is 8.85 Å². The quantitative estimate of drug-likeness (QED) is 0.464. The normalized spacial score (nSPS) is 17.4. The van der Waals surface area contributed by atoms with Crippen LogP contribution in [0.5, 0.6) is 0 Å². The first-order valence-electron chi connectivity index (χ1n) is 5.93. The van der Waals surface area contributed by atoms with E-state index in [0.29, 0.717) is 17.3 Å². The van der Waals surface area contributed by atoms with Crippen molar-refractivity contribution < 1.29 is 8.85 Å². The van der Waals surface area contributed by atoms with Gasteiger partial charge in [-0.25, -0.2) is 0 Å².